The summed E-state index contributed by atoms with van der Waals surface area (Å²) in [6, 6.07) is 7.40. The van der Waals surface area contributed by atoms with E-state index in [0.717, 1.165) is 36.2 Å². The quantitative estimate of drug-likeness (QED) is 0.821. The minimum atomic E-state index is 0.0422. The number of carbonyl (C=O) groups is 1. The number of anilines is 1. The second kappa shape index (κ2) is 6.66. The Hall–Kier alpha value is -1.20. The largest absolute Gasteiger partial charge is 0.497 e. The van der Waals surface area contributed by atoms with Crippen molar-refractivity contribution in [2.45, 2.75) is 0 Å². The molecule has 0 aliphatic carbocycles. The Labute approximate surface area is 111 Å². The summed E-state index contributed by atoms with van der Waals surface area (Å²) in [6.07, 6.45) is 0. The highest BCUT2D eigenvalue weighted by Gasteiger charge is 2.16. The van der Waals surface area contributed by atoms with Crippen LogP contribution in [0.5, 0.6) is 5.75 Å². The highest BCUT2D eigenvalue weighted by atomic mass is 32.2. The normalized spacial score (nSPS) is 14.9. The molecular weight excluding hydrogens is 248 g/mol. The van der Waals surface area contributed by atoms with Crippen molar-refractivity contribution in [3.63, 3.8) is 0 Å². The van der Waals surface area contributed by atoms with Crippen molar-refractivity contribution in [2.24, 2.45) is 5.92 Å². The number of hydrogen-bond donors (Lipinski definition) is 2. The average molecular weight is 266 g/mol. The van der Waals surface area contributed by atoms with Crippen LogP contribution in [0, 0.1) is 5.92 Å². The van der Waals surface area contributed by atoms with Crippen LogP contribution in [0.4, 0.5) is 5.69 Å². The molecule has 0 bridgehead atoms. The lowest BCUT2D eigenvalue weighted by molar-refractivity contribution is -0.113. The molecule has 0 atom stereocenters. The number of thioether (sulfide) groups is 1. The summed E-state index contributed by atoms with van der Waals surface area (Å²) in [4.78, 5) is 11.7. The summed E-state index contributed by atoms with van der Waals surface area (Å²) in [7, 11) is 1.61. The van der Waals surface area contributed by atoms with Gasteiger partial charge in [0.2, 0.25) is 5.91 Å². The van der Waals surface area contributed by atoms with E-state index in [1.807, 2.05) is 24.3 Å². The standard InChI is InChI=1S/C13H18N2O2S/c1-17-12-4-2-3-11(5-12)15-13(16)9-18-8-10-6-14-7-10/h2-5,10,14H,6-9H2,1H3,(H,15,16). The van der Waals surface area contributed by atoms with Crippen molar-refractivity contribution in [2.75, 3.05) is 37.0 Å². The fourth-order valence-electron chi connectivity index (χ4n) is 1.68. The Morgan fingerprint density at radius 1 is 1.56 bits per heavy atom. The molecule has 0 unspecified atom stereocenters. The van der Waals surface area contributed by atoms with Crippen LogP contribution in [-0.4, -0.2) is 37.6 Å². The summed E-state index contributed by atoms with van der Waals surface area (Å²) in [5.41, 5.74) is 0.783. The molecule has 2 rings (SSSR count). The molecule has 1 aliphatic heterocycles. The number of benzene rings is 1. The summed E-state index contributed by atoms with van der Waals surface area (Å²) in [6.45, 7) is 2.18. The van der Waals surface area contributed by atoms with Gasteiger partial charge in [0.15, 0.2) is 0 Å². The number of nitrogens with one attached hydrogen (secondary N) is 2. The zero-order valence-corrected chi connectivity index (χ0v) is 11.3. The van der Waals surface area contributed by atoms with E-state index in [1.165, 1.54) is 0 Å². The van der Waals surface area contributed by atoms with E-state index >= 15 is 0 Å². The van der Waals surface area contributed by atoms with E-state index in [-0.39, 0.29) is 5.91 Å². The van der Waals surface area contributed by atoms with E-state index in [2.05, 4.69) is 10.6 Å². The summed E-state index contributed by atoms with van der Waals surface area (Å²) >= 11 is 1.69. The average Bonchev–Trinajstić information content (AvgIpc) is 2.32. The topological polar surface area (TPSA) is 50.4 Å². The molecule has 1 fully saturated rings. The molecule has 1 amide bonds. The lowest BCUT2D eigenvalue weighted by Gasteiger charge is -2.26. The molecule has 18 heavy (non-hydrogen) atoms. The van der Waals surface area contributed by atoms with Gasteiger partial charge in [-0.2, -0.15) is 11.8 Å². The molecule has 1 saturated heterocycles. The van der Waals surface area contributed by atoms with Gasteiger partial charge in [0.05, 0.1) is 12.9 Å². The van der Waals surface area contributed by atoms with Gasteiger partial charge in [-0.05, 0) is 36.9 Å². The number of methoxy groups -OCH3 is 1. The molecular formula is C13H18N2O2S. The van der Waals surface area contributed by atoms with E-state index in [4.69, 9.17) is 4.74 Å². The van der Waals surface area contributed by atoms with Gasteiger partial charge in [0, 0.05) is 11.8 Å². The maximum atomic E-state index is 11.7. The lowest BCUT2D eigenvalue weighted by Crippen LogP contribution is -2.43. The molecule has 4 nitrogen and oxygen atoms in total. The molecule has 0 radical (unpaired) electrons. The number of hydrogen-bond acceptors (Lipinski definition) is 4. The molecule has 0 saturated carbocycles. The van der Waals surface area contributed by atoms with E-state index in [1.54, 1.807) is 18.9 Å². The first-order valence-corrected chi connectivity index (χ1v) is 7.16. The second-order valence-electron chi connectivity index (χ2n) is 4.32. The number of ether oxygens (including phenoxy) is 1. The van der Waals surface area contributed by atoms with Crippen LogP contribution in [0.3, 0.4) is 0 Å². The second-order valence-corrected chi connectivity index (χ2v) is 5.35. The van der Waals surface area contributed by atoms with Gasteiger partial charge >= 0.3 is 0 Å². The van der Waals surface area contributed by atoms with Crippen molar-refractivity contribution in [3.8, 4) is 5.75 Å². The van der Waals surface area contributed by atoms with Crippen LogP contribution in [0.2, 0.25) is 0 Å². The highest BCUT2D eigenvalue weighted by molar-refractivity contribution is 7.99. The lowest BCUT2D eigenvalue weighted by atomic mass is 10.1. The van der Waals surface area contributed by atoms with Crippen LogP contribution in [-0.2, 0) is 4.79 Å². The first-order chi connectivity index (χ1) is 8.78. The predicted octanol–water partition coefficient (Wildman–Crippen LogP) is 1.59. The summed E-state index contributed by atoms with van der Waals surface area (Å²) in [5, 5.41) is 6.10. The van der Waals surface area contributed by atoms with Gasteiger partial charge in [-0.25, -0.2) is 0 Å². The molecule has 0 aromatic heterocycles. The molecule has 1 heterocycles. The SMILES string of the molecule is COc1cccc(NC(=O)CSCC2CNC2)c1. The molecule has 98 valence electrons. The fraction of sp³-hybridized carbons (Fsp3) is 0.462. The third-order valence-corrected chi connectivity index (χ3v) is 3.98. The van der Waals surface area contributed by atoms with Crippen LogP contribution >= 0.6 is 11.8 Å². The van der Waals surface area contributed by atoms with Crippen molar-refractivity contribution >= 4 is 23.4 Å². The van der Waals surface area contributed by atoms with Crippen molar-refractivity contribution in [1.29, 1.82) is 0 Å². The van der Waals surface area contributed by atoms with Crippen LogP contribution in [0.15, 0.2) is 24.3 Å². The van der Waals surface area contributed by atoms with E-state index in [9.17, 15) is 4.79 Å². The molecule has 1 aromatic carbocycles. The number of rotatable bonds is 6. The summed E-state index contributed by atoms with van der Waals surface area (Å²) in [5.74, 6) is 3.09. The third kappa shape index (κ3) is 3.92. The molecule has 5 heteroatoms. The Bertz CT molecular complexity index is 408. The minimum Gasteiger partial charge on any atom is -0.497 e. The number of carbonyl (C=O) groups excluding carboxylic acids is 1. The zero-order chi connectivity index (χ0) is 12.8. The third-order valence-electron chi connectivity index (χ3n) is 2.81. The van der Waals surface area contributed by atoms with Crippen LogP contribution < -0.4 is 15.4 Å². The maximum absolute atomic E-state index is 11.7. The van der Waals surface area contributed by atoms with Gasteiger partial charge in [-0.15, -0.1) is 0 Å². The highest BCUT2D eigenvalue weighted by Crippen LogP contribution is 2.17. The first kappa shape index (κ1) is 13.2. The van der Waals surface area contributed by atoms with Crippen LogP contribution in [0.1, 0.15) is 0 Å². The first-order valence-electron chi connectivity index (χ1n) is 6.00. The molecule has 1 aliphatic rings. The fourth-order valence-corrected chi connectivity index (χ4v) is 2.63. The maximum Gasteiger partial charge on any atom is 0.234 e. The van der Waals surface area contributed by atoms with Crippen LogP contribution in [0.25, 0.3) is 0 Å². The Balaban J connectivity index is 1.71. The van der Waals surface area contributed by atoms with Gasteiger partial charge in [-0.3, -0.25) is 4.79 Å². The molecule has 2 N–H and O–H groups in total. The number of amides is 1. The Kier molecular flexibility index (Phi) is 4.90. The molecule has 1 aromatic rings. The minimum absolute atomic E-state index is 0.0422. The molecule has 0 spiro atoms. The Morgan fingerprint density at radius 2 is 2.39 bits per heavy atom. The van der Waals surface area contributed by atoms with Gasteiger partial charge in [-0.1, -0.05) is 6.07 Å². The predicted molar refractivity (Wildman–Crippen MR) is 75.3 cm³/mol. The van der Waals surface area contributed by atoms with Gasteiger partial charge < -0.3 is 15.4 Å². The van der Waals surface area contributed by atoms with Crippen molar-refractivity contribution in [3.05, 3.63) is 24.3 Å². The van der Waals surface area contributed by atoms with Gasteiger partial charge in [0.25, 0.3) is 0 Å². The monoisotopic (exact) mass is 266 g/mol. The van der Waals surface area contributed by atoms with Crippen molar-refractivity contribution < 1.29 is 9.53 Å². The van der Waals surface area contributed by atoms with Gasteiger partial charge in [0.1, 0.15) is 5.75 Å². The van der Waals surface area contributed by atoms with E-state index in [0.29, 0.717) is 5.75 Å². The zero-order valence-electron chi connectivity index (χ0n) is 10.4. The Morgan fingerprint density at radius 3 is 3.06 bits per heavy atom. The van der Waals surface area contributed by atoms with E-state index < -0.39 is 0 Å². The smallest absolute Gasteiger partial charge is 0.234 e. The van der Waals surface area contributed by atoms with Crippen molar-refractivity contribution in [1.82, 2.24) is 5.32 Å². The summed E-state index contributed by atoms with van der Waals surface area (Å²) < 4.78 is 5.11.